The first-order chi connectivity index (χ1) is 6.49. The third-order valence-electron chi connectivity index (χ3n) is 2.63. The first-order valence-corrected chi connectivity index (χ1v) is 4.90. The Labute approximate surface area is 84.6 Å². The van der Waals surface area contributed by atoms with Crippen molar-refractivity contribution < 1.29 is 0 Å². The van der Waals surface area contributed by atoms with Gasteiger partial charge in [0.25, 0.3) is 5.56 Å². The number of aromatic nitrogens is 1. The van der Waals surface area contributed by atoms with Crippen LogP contribution in [0.4, 0.5) is 0 Å². The summed E-state index contributed by atoms with van der Waals surface area (Å²) in [6, 6.07) is 0.187. The molecule has 78 valence electrons. The summed E-state index contributed by atoms with van der Waals surface area (Å²) in [5, 5.41) is 0. The van der Waals surface area contributed by atoms with Gasteiger partial charge in [-0.2, -0.15) is 0 Å². The molecule has 14 heavy (non-hydrogen) atoms. The molecule has 0 aliphatic rings. The summed E-state index contributed by atoms with van der Waals surface area (Å²) in [4.78, 5) is 11.9. The zero-order valence-corrected chi connectivity index (χ0v) is 9.29. The smallest absolute Gasteiger partial charge is 0.255 e. The number of nitrogens with zero attached hydrogens (tertiary/aromatic N) is 1. The quantitative estimate of drug-likeness (QED) is 0.775. The molecule has 3 heteroatoms. The summed E-state index contributed by atoms with van der Waals surface area (Å²) in [5.74, 6) is 0. The number of nitrogens with two attached hydrogens (primary N) is 1. The van der Waals surface area contributed by atoms with Gasteiger partial charge in [-0.25, -0.2) is 0 Å². The van der Waals surface area contributed by atoms with Crippen molar-refractivity contribution in [3.05, 3.63) is 33.2 Å². The van der Waals surface area contributed by atoms with Gasteiger partial charge >= 0.3 is 0 Å². The van der Waals surface area contributed by atoms with Crippen molar-refractivity contribution in [2.75, 3.05) is 0 Å². The minimum Gasteiger partial charge on any atom is -0.326 e. The minimum atomic E-state index is 0.0469. The maximum Gasteiger partial charge on any atom is 0.255 e. The van der Waals surface area contributed by atoms with Crippen molar-refractivity contribution in [1.29, 1.82) is 0 Å². The van der Waals surface area contributed by atoms with Crippen LogP contribution in [-0.4, -0.2) is 4.57 Å². The van der Waals surface area contributed by atoms with Crippen LogP contribution in [-0.2, 0) is 6.54 Å². The van der Waals surface area contributed by atoms with Gasteiger partial charge < -0.3 is 10.3 Å². The first kappa shape index (κ1) is 11.0. The Morgan fingerprint density at radius 2 is 2.00 bits per heavy atom. The molecule has 0 aliphatic heterocycles. The van der Waals surface area contributed by atoms with Gasteiger partial charge in [0, 0.05) is 24.3 Å². The molecule has 0 unspecified atom stereocenters. The lowest BCUT2D eigenvalue weighted by Crippen LogP contribution is -2.28. The van der Waals surface area contributed by atoms with E-state index in [2.05, 4.69) is 0 Å². The molecule has 0 aromatic carbocycles. The lowest BCUT2D eigenvalue weighted by Gasteiger charge is -2.15. The van der Waals surface area contributed by atoms with E-state index in [0.717, 1.165) is 16.7 Å². The number of hydrogen-bond acceptors (Lipinski definition) is 2. The molecule has 1 rings (SSSR count). The van der Waals surface area contributed by atoms with Crippen LogP contribution in [0.25, 0.3) is 0 Å². The number of aryl methyl sites for hydroxylation is 1. The summed E-state index contributed by atoms with van der Waals surface area (Å²) in [5.41, 5.74) is 8.50. The lowest BCUT2D eigenvalue weighted by molar-refractivity contribution is 0.569. The highest BCUT2D eigenvalue weighted by atomic mass is 16.1. The van der Waals surface area contributed by atoms with E-state index in [1.54, 1.807) is 4.57 Å². The molecule has 1 heterocycles. The maximum atomic E-state index is 11.9. The topological polar surface area (TPSA) is 48.0 Å². The molecule has 0 fully saturated rings. The van der Waals surface area contributed by atoms with Crippen molar-refractivity contribution in [3.63, 3.8) is 0 Å². The molecule has 0 radical (unpaired) electrons. The summed E-state index contributed by atoms with van der Waals surface area (Å²) >= 11 is 0. The third-order valence-corrected chi connectivity index (χ3v) is 2.63. The molecule has 0 saturated carbocycles. The molecule has 0 bridgehead atoms. The maximum absolute atomic E-state index is 11.9. The molecular weight excluding hydrogens is 176 g/mol. The van der Waals surface area contributed by atoms with Gasteiger partial charge in [-0.1, -0.05) is 0 Å². The van der Waals surface area contributed by atoms with Crippen LogP contribution >= 0.6 is 0 Å². The highest BCUT2D eigenvalue weighted by molar-refractivity contribution is 5.30. The standard InChI is InChI=1S/C11H18N2O/c1-7(2)13-6-8(3)9(4)10(5-12)11(13)14/h6-7H,5,12H2,1-4H3. The second-order valence-corrected chi connectivity index (χ2v) is 3.93. The molecule has 0 saturated heterocycles. The fraction of sp³-hybridized carbons (Fsp3) is 0.545. The number of rotatable bonds is 2. The fourth-order valence-corrected chi connectivity index (χ4v) is 1.54. The highest BCUT2D eigenvalue weighted by Crippen LogP contribution is 2.11. The Morgan fingerprint density at radius 1 is 1.43 bits per heavy atom. The van der Waals surface area contributed by atoms with Crippen LogP contribution in [0.2, 0.25) is 0 Å². The molecule has 1 aromatic heterocycles. The van der Waals surface area contributed by atoms with Gasteiger partial charge in [0.05, 0.1) is 0 Å². The SMILES string of the molecule is Cc1cn(C(C)C)c(=O)c(CN)c1C. The number of hydrogen-bond donors (Lipinski definition) is 1. The van der Waals surface area contributed by atoms with Gasteiger partial charge in [0.15, 0.2) is 0 Å². The van der Waals surface area contributed by atoms with E-state index in [1.165, 1.54) is 0 Å². The molecule has 2 N–H and O–H groups in total. The lowest BCUT2D eigenvalue weighted by atomic mass is 10.1. The molecule has 0 atom stereocenters. The van der Waals surface area contributed by atoms with Crippen molar-refractivity contribution in [3.8, 4) is 0 Å². The van der Waals surface area contributed by atoms with Crippen LogP contribution in [0.15, 0.2) is 11.0 Å². The van der Waals surface area contributed by atoms with E-state index in [9.17, 15) is 4.79 Å². The largest absolute Gasteiger partial charge is 0.326 e. The van der Waals surface area contributed by atoms with Crippen molar-refractivity contribution in [2.24, 2.45) is 5.73 Å². The van der Waals surface area contributed by atoms with E-state index in [0.29, 0.717) is 6.54 Å². The Kier molecular flexibility index (Phi) is 3.11. The molecule has 0 aliphatic carbocycles. The van der Waals surface area contributed by atoms with E-state index >= 15 is 0 Å². The highest BCUT2D eigenvalue weighted by Gasteiger charge is 2.10. The van der Waals surface area contributed by atoms with Crippen LogP contribution in [0.1, 0.15) is 36.6 Å². The molecule has 3 nitrogen and oxygen atoms in total. The van der Waals surface area contributed by atoms with Crippen LogP contribution in [0.3, 0.4) is 0 Å². The van der Waals surface area contributed by atoms with Crippen molar-refractivity contribution >= 4 is 0 Å². The van der Waals surface area contributed by atoms with Gasteiger partial charge in [-0.3, -0.25) is 4.79 Å². The van der Waals surface area contributed by atoms with Crippen LogP contribution in [0.5, 0.6) is 0 Å². The average molecular weight is 194 g/mol. The summed E-state index contributed by atoms with van der Waals surface area (Å²) in [6.45, 7) is 8.27. The summed E-state index contributed by atoms with van der Waals surface area (Å²) in [7, 11) is 0. The van der Waals surface area contributed by atoms with Crippen LogP contribution in [0, 0.1) is 13.8 Å². The molecule has 1 aromatic rings. The minimum absolute atomic E-state index is 0.0469. The van der Waals surface area contributed by atoms with E-state index < -0.39 is 0 Å². The Balaban J connectivity index is 3.51. The third kappa shape index (κ3) is 1.73. The monoisotopic (exact) mass is 194 g/mol. The molecule has 0 amide bonds. The molecule has 0 spiro atoms. The van der Waals surface area contributed by atoms with Crippen molar-refractivity contribution in [1.82, 2.24) is 4.57 Å². The average Bonchev–Trinajstić information content (AvgIpc) is 2.12. The van der Waals surface area contributed by atoms with E-state index in [-0.39, 0.29) is 11.6 Å². The van der Waals surface area contributed by atoms with Gasteiger partial charge in [-0.15, -0.1) is 0 Å². The Bertz CT molecular complexity index is 391. The number of pyridine rings is 1. The Morgan fingerprint density at radius 3 is 2.43 bits per heavy atom. The van der Waals surface area contributed by atoms with E-state index in [4.69, 9.17) is 5.73 Å². The zero-order chi connectivity index (χ0) is 10.9. The second-order valence-electron chi connectivity index (χ2n) is 3.93. The zero-order valence-electron chi connectivity index (χ0n) is 9.29. The summed E-state index contributed by atoms with van der Waals surface area (Å²) in [6.07, 6.45) is 1.90. The fourth-order valence-electron chi connectivity index (χ4n) is 1.54. The van der Waals surface area contributed by atoms with E-state index in [1.807, 2.05) is 33.9 Å². The molecular formula is C11H18N2O. The predicted molar refractivity (Wildman–Crippen MR) is 58.5 cm³/mol. The Hall–Kier alpha value is -1.09. The normalized spacial score (nSPS) is 11.0. The van der Waals surface area contributed by atoms with Crippen LogP contribution < -0.4 is 11.3 Å². The van der Waals surface area contributed by atoms with Gasteiger partial charge in [0.1, 0.15) is 0 Å². The van der Waals surface area contributed by atoms with Gasteiger partial charge in [-0.05, 0) is 38.8 Å². The predicted octanol–water partition coefficient (Wildman–Crippen LogP) is 1.50. The summed E-state index contributed by atoms with van der Waals surface area (Å²) < 4.78 is 1.74. The first-order valence-electron chi connectivity index (χ1n) is 4.90. The van der Waals surface area contributed by atoms with Gasteiger partial charge in [0.2, 0.25) is 0 Å². The van der Waals surface area contributed by atoms with Crippen molar-refractivity contribution in [2.45, 2.75) is 40.3 Å². The second kappa shape index (κ2) is 3.96.